The van der Waals surface area contributed by atoms with Crippen molar-refractivity contribution >= 4 is 11.8 Å². The highest BCUT2D eigenvalue weighted by Gasteiger charge is 2.18. The summed E-state index contributed by atoms with van der Waals surface area (Å²) < 4.78 is 9.64. The fraction of sp³-hybridized carbons (Fsp3) is 0.273. The number of esters is 1. The molecule has 0 spiro atoms. The zero-order valence-corrected chi connectivity index (χ0v) is 9.23. The van der Waals surface area contributed by atoms with Crippen LogP contribution in [0.1, 0.15) is 24.2 Å². The first-order valence-corrected chi connectivity index (χ1v) is 4.56. The van der Waals surface area contributed by atoms with E-state index in [1.165, 1.54) is 33.1 Å². The Morgan fingerprint density at radius 2 is 1.88 bits per heavy atom. The number of methoxy groups -OCH3 is 1. The number of aromatic hydroxyl groups is 1. The summed E-state index contributed by atoms with van der Waals surface area (Å²) in [7, 11) is 1.36. The molecule has 1 aromatic rings. The predicted molar refractivity (Wildman–Crippen MR) is 56.0 cm³/mol. The number of hydrogen-bond donors (Lipinski definition) is 1. The van der Waals surface area contributed by atoms with Gasteiger partial charge in [-0.1, -0.05) is 0 Å². The summed E-state index contributed by atoms with van der Waals surface area (Å²) in [6.07, 6.45) is 0. The maximum atomic E-state index is 11.3. The van der Waals surface area contributed by atoms with Gasteiger partial charge in [-0.05, 0) is 19.1 Å². The number of carbonyl (C=O) groups is 2. The van der Waals surface area contributed by atoms with E-state index in [2.05, 4.69) is 0 Å². The van der Waals surface area contributed by atoms with E-state index in [9.17, 15) is 14.7 Å². The van der Waals surface area contributed by atoms with Gasteiger partial charge in [-0.15, -0.1) is 0 Å². The van der Waals surface area contributed by atoms with E-state index in [-0.39, 0.29) is 28.6 Å². The van der Waals surface area contributed by atoms with Crippen molar-refractivity contribution in [2.45, 2.75) is 13.8 Å². The van der Waals surface area contributed by atoms with E-state index in [0.717, 1.165) is 0 Å². The predicted octanol–water partition coefficient (Wildman–Crippen LogP) is 1.53. The minimum absolute atomic E-state index is 0.133. The van der Waals surface area contributed by atoms with Crippen LogP contribution in [0.25, 0.3) is 0 Å². The monoisotopic (exact) mass is 224 g/mol. The fourth-order valence-corrected chi connectivity index (χ4v) is 1.24. The molecule has 0 aliphatic rings. The lowest BCUT2D eigenvalue weighted by molar-refractivity contribution is -0.132. The molecule has 1 aromatic carbocycles. The third kappa shape index (κ3) is 2.31. The zero-order valence-electron chi connectivity index (χ0n) is 9.23. The van der Waals surface area contributed by atoms with Gasteiger partial charge in [-0.3, -0.25) is 9.59 Å². The van der Waals surface area contributed by atoms with Gasteiger partial charge in [0.1, 0.15) is 0 Å². The largest absolute Gasteiger partial charge is 0.502 e. The van der Waals surface area contributed by atoms with Gasteiger partial charge in [-0.25, -0.2) is 0 Å². The van der Waals surface area contributed by atoms with Crippen LogP contribution in [-0.2, 0) is 4.79 Å². The molecule has 1 N–H and O–H groups in total. The van der Waals surface area contributed by atoms with Crippen LogP contribution in [0.5, 0.6) is 17.2 Å². The fourth-order valence-electron chi connectivity index (χ4n) is 1.24. The highest BCUT2D eigenvalue weighted by atomic mass is 16.5. The van der Waals surface area contributed by atoms with Crippen LogP contribution in [0.3, 0.4) is 0 Å². The van der Waals surface area contributed by atoms with E-state index < -0.39 is 5.97 Å². The van der Waals surface area contributed by atoms with Crippen LogP contribution in [0, 0.1) is 0 Å². The Labute approximate surface area is 92.6 Å². The van der Waals surface area contributed by atoms with E-state index >= 15 is 0 Å². The van der Waals surface area contributed by atoms with Crippen molar-refractivity contribution in [3.63, 3.8) is 0 Å². The van der Waals surface area contributed by atoms with Gasteiger partial charge >= 0.3 is 5.97 Å². The number of carbonyl (C=O) groups excluding carboxylic acids is 2. The number of phenols is 1. The van der Waals surface area contributed by atoms with Crippen molar-refractivity contribution in [3.05, 3.63) is 17.7 Å². The van der Waals surface area contributed by atoms with Crippen molar-refractivity contribution in [2.75, 3.05) is 7.11 Å². The van der Waals surface area contributed by atoms with Crippen LogP contribution >= 0.6 is 0 Å². The van der Waals surface area contributed by atoms with E-state index in [0.29, 0.717) is 0 Å². The molecule has 0 aliphatic heterocycles. The van der Waals surface area contributed by atoms with Crippen molar-refractivity contribution in [3.8, 4) is 17.2 Å². The van der Waals surface area contributed by atoms with Crippen LogP contribution in [0.15, 0.2) is 12.1 Å². The summed E-state index contributed by atoms with van der Waals surface area (Å²) in [5, 5.41) is 9.71. The Kier molecular flexibility index (Phi) is 3.50. The third-order valence-electron chi connectivity index (χ3n) is 1.94. The molecule has 0 amide bonds. The molecule has 16 heavy (non-hydrogen) atoms. The molecule has 86 valence electrons. The number of phenolic OH excluding ortho intramolecular Hbond substituents is 1. The standard InChI is InChI=1S/C11H12O5/c1-6(12)8-4-5-9(15-3)10(14)11(8)16-7(2)13/h4-5,14H,1-3H3. The van der Waals surface area contributed by atoms with Crippen molar-refractivity contribution in [1.82, 2.24) is 0 Å². The molecule has 0 aromatic heterocycles. The molecule has 0 unspecified atom stereocenters. The Morgan fingerprint density at radius 1 is 1.25 bits per heavy atom. The normalized spacial score (nSPS) is 9.69. The molecule has 0 saturated heterocycles. The SMILES string of the molecule is COc1ccc(C(C)=O)c(OC(C)=O)c1O. The molecule has 0 heterocycles. The van der Waals surface area contributed by atoms with Crippen molar-refractivity contribution < 1.29 is 24.2 Å². The van der Waals surface area contributed by atoms with Crippen LogP contribution in [-0.4, -0.2) is 24.0 Å². The second-order valence-electron chi connectivity index (χ2n) is 3.14. The molecule has 0 saturated carbocycles. The average Bonchev–Trinajstić information content (AvgIpc) is 2.19. The molecule has 0 atom stereocenters. The van der Waals surface area contributed by atoms with Gasteiger partial charge in [0.25, 0.3) is 0 Å². The van der Waals surface area contributed by atoms with E-state index in [4.69, 9.17) is 9.47 Å². The quantitative estimate of drug-likeness (QED) is 0.479. The van der Waals surface area contributed by atoms with Crippen LogP contribution in [0.4, 0.5) is 0 Å². The zero-order chi connectivity index (χ0) is 12.3. The lowest BCUT2D eigenvalue weighted by Crippen LogP contribution is -2.06. The Hall–Kier alpha value is -2.04. The molecule has 1 rings (SSSR count). The second kappa shape index (κ2) is 4.65. The molecule has 0 bridgehead atoms. The minimum Gasteiger partial charge on any atom is -0.502 e. The topological polar surface area (TPSA) is 72.8 Å². The number of ether oxygens (including phenoxy) is 2. The van der Waals surface area contributed by atoms with Gasteiger partial charge < -0.3 is 14.6 Å². The molecule has 5 heteroatoms. The van der Waals surface area contributed by atoms with Crippen molar-refractivity contribution in [1.29, 1.82) is 0 Å². The van der Waals surface area contributed by atoms with Gasteiger partial charge in [-0.2, -0.15) is 0 Å². The average molecular weight is 224 g/mol. The van der Waals surface area contributed by atoms with Gasteiger partial charge in [0, 0.05) is 6.92 Å². The third-order valence-corrected chi connectivity index (χ3v) is 1.94. The van der Waals surface area contributed by atoms with E-state index in [1.807, 2.05) is 0 Å². The molecule has 5 nitrogen and oxygen atoms in total. The number of ketones is 1. The lowest BCUT2D eigenvalue weighted by atomic mass is 10.1. The molecular weight excluding hydrogens is 212 g/mol. The van der Waals surface area contributed by atoms with E-state index in [1.54, 1.807) is 0 Å². The van der Waals surface area contributed by atoms with Gasteiger partial charge in [0.2, 0.25) is 5.75 Å². The van der Waals surface area contributed by atoms with Crippen LogP contribution in [0.2, 0.25) is 0 Å². The summed E-state index contributed by atoms with van der Waals surface area (Å²) in [6, 6.07) is 2.86. The van der Waals surface area contributed by atoms with Crippen LogP contribution < -0.4 is 9.47 Å². The molecular formula is C11H12O5. The summed E-state index contributed by atoms with van der Waals surface area (Å²) in [5.41, 5.74) is 0.133. The highest BCUT2D eigenvalue weighted by molar-refractivity contribution is 5.98. The first-order chi connectivity index (χ1) is 7.47. The lowest BCUT2D eigenvalue weighted by Gasteiger charge is -2.11. The number of rotatable bonds is 3. The summed E-state index contributed by atoms with van der Waals surface area (Å²) in [5.74, 6) is -1.31. The number of benzene rings is 1. The smallest absolute Gasteiger partial charge is 0.308 e. The first kappa shape index (κ1) is 12.0. The minimum atomic E-state index is -0.619. The number of hydrogen-bond acceptors (Lipinski definition) is 5. The maximum absolute atomic E-state index is 11.3. The molecule has 0 radical (unpaired) electrons. The number of Topliss-reactive ketones (excluding diaryl/α,β-unsaturated/α-hetero) is 1. The summed E-state index contributed by atoms with van der Waals surface area (Å²) >= 11 is 0. The van der Waals surface area contributed by atoms with Gasteiger partial charge in [0.15, 0.2) is 17.3 Å². The summed E-state index contributed by atoms with van der Waals surface area (Å²) in [4.78, 5) is 22.1. The maximum Gasteiger partial charge on any atom is 0.308 e. The highest BCUT2D eigenvalue weighted by Crippen LogP contribution is 2.39. The molecule has 0 fully saturated rings. The first-order valence-electron chi connectivity index (χ1n) is 4.56. The Balaban J connectivity index is 3.36. The Bertz CT molecular complexity index is 436. The van der Waals surface area contributed by atoms with Gasteiger partial charge in [0.05, 0.1) is 12.7 Å². The molecule has 0 aliphatic carbocycles. The summed E-state index contributed by atoms with van der Waals surface area (Å²) in [6.45, 7) is 2.50. The Morgan fingerprint density at radius 3 is 2.31 bits per heavy atom. The second-order valence-corrected chi connectivity index (χ2v) is 3.14. The van der Waals surface area contributed by atoms with Crippen molar-refractivity contribution in [2.24, 2.45) is 0 Å².